The number of thiazole rings is 1. The van der Waals surface area contributed by atoms with Gasteiger partial charge in [0, 0.05) is 30.5 Å². The second-order valence-corrected chi connectivity index (χ2v) is 8.58. The average molecular weight is 414 g/mol. The van der Waals surface area contributed by atoms with Crippen LogP contribution in [0.3, 0.4) is 0 Å². The van der Waals surface area contributed by atoms with E-state index in [2.05, 4.69) is 50.4 Å². The van der Waals surface area contributed by atoms with E-state index in [4.69, 9.17) is 5.26 Å². The van der Waals surface area contributed by atoms with E-state index < -0.39 is 0 Å². The first-order chi connectivity index (χ1) is 13.9. The maximum atomic E-state index is 12.2. The highest BCUT2D eigenvalue weighted by Gasteiger charge is 2.23. The van der Waals surface area contributed by atoms with Crippen LogP contribution >= 0.6 is 11.3 Å². The topological polar surface area (TPSA) is 107 Å². The number of nitrogens with zero attached hydrogens (tertiary/aromatic N) is 5. The zero-order chi connectivity index (χ0) is 20.8. The standard InChI is InChI=1S/C20H27N7OS/c1-13(2)10-22-19(28)17-12-29-20(25-17)26-18-9-16(23-14(3)24-18)15-5-4-7-27(11-15)8-6-21/h9,12-13,15H,4-5,7-8,10-11H2,1-3H3,(H,22,28)(H,23,24,25,26)/t15-/m0/s1. The Kier molecular flexibility index (Phi) is 7.12. The summed E-state index contributed by atoms with van der Waals surface area (Å²) in [6.07, 6.45) is 2.11. The van der Waals surface area contributed by atoms with Gasteiger partial charge in [-0.2, -0.15) is 5.26 Å². The molecule has 1 aliphatic rings. The predicted molar refractivity (Wildman–Crippen MR) is 113 cm³/mol. The number of hydrogen-bond donors (Lipinski definition) is 2. The zero-order valence-corrected chi connectivity index (χ0v) is 17.9. The molecule has 2 aromatic rings. The summed E-state index contributed by atoms with van der Waals surface area (Å²) in [6.45, 7) is 8.84. The molecule has 0 saturated carbocycles. The first-order valence-corrected chi connectivity index (χ1v) is 10.8. The Morgan fingerprint density at radius 3 is 3.00 bits per heavy atom. The molecule has 0 radical (unpaired) electrons. The molecular weight excluding hydrogens is 386 g/mol. The summed E-state index contributed by atoms with van der Waals surface area (Å²) >= 11 is 1.37. The van der Waals surface area contributed by atoms with Crippen LogP contribution in [0, 0.1) is 24.2 Å². The van der Waals surface area contributed by atoms with Crippen molar-refractivity contribution in [1.82, 2.24) is 25.2 Å². The molecule has 3 rings (SSSR count). The molecule has 0 bridgehead atoms. The molecule has 0 unspecified atom stereocenters. The van der Waals surface area contributed by atoms with E-state index in [1.54, 1.807) is 5.38 Å². The number of likely N-dealkylation sites (tertiary alicyclic amines) is 1. The molecule has 1 amide bonds. The SMILES string of the molecule is Cc1nc(Nc2nc(C(=O)NCC(C)C)cs2)cc([C@H]2CCCN(CC#N)C2)n1. The number of nitrogens with one attached hydrogen (secondary N) is 2. The normalized spacial score (nSPS) is 17.1. The number of carbonyl (C=O) groups is 1. The fourth-order valence-electron chi connectivity index (χ4n) is 3.34. The molecule has 8 nitrogen and oxygen atoms in total. The van der Waals surface area contributed by atoms with E-state index in [1.807, 2.05) is 13.0 Å². The summed E-state index contributed by atoms with van der Waals surface area (Å²) in [5, 5.41) is 17.4. The third kappa shape index (κ3) is 5.95. The van der Waals surface area contributed by atoms with Gasteiger partial charge in [0.25, 0.3) is 5.91 Å². The summed E-state index contributed by atoms with van der Waals surface area (Å²) in [7, 11) is 0. The Labute approximate surface area is 175 Å². The van der Waals surface area contributed by atoms with Crippen LogP contribution in [-0.4, -0.2) is 51.9 Å². The second kappa shape index (κ2) is 9.76. The van der Waals surface area contributed by atoms with Crippen LogP contribution in [-0.2, 0) is 0 Å². The van der Waals surface area contributed by atoms with E-state index in [9.17, 15) is 4.79 Å². The molecule has 154 valence electrons. The van der Waals surface area contributed by atoms with Crippen LogP contribution < -0.4 is 10.6 Å². The lowest BCUT2D eigenvalue weighted by atomic mass is 9.94. The van der Waals surface area contributed by atoms with E-state index in [0.717, 1.165) is 31.6 Å². The first kappa shape index (κ1) is 21.1. The molecule has 1 aliphatic heterocycles. The molecule has 2 N–H and O–H groups in total. The zero-order valence-electron chi connectivity index (χ0n) is 17.1. The Hall–Kier alpha value is -2.57. The summed E-state index contributed by atoms with van der Waals surface area (Å²) in [5.74, 6) is 1.87. The van der Waals surface area contributed by atoms with Gasteiger partial charge in [0.2, 0.25) is 0 Å². The van der Waals surface area contributed by atoms with Crippen molar-refractivity contribution in [3.8, 4) is 6.07 Å². The van der Waals surface area contributed by atoms with Crippen molar-refractivity contribution < 1.29 is 4.79 Å². The van der Waals surface area contributed by atoms with Gasteiger partial charge in [-0.25, -0.2) is 15.0 Å². The lowest BCUT2D eigenvalue weighted by Crippen LogP contribution is -2.35. The largest absolute Gasteiger partial charge is 0.350 e. The fourth-order valence-corrected chi connectivity index (χ4v) is 4.03. The van der Waals surface area contributed by atoms with Crippen LogP contribution in [0.4, 0.5) is 10.9 Å². The van der Waals surface area contributed by atoms with Crippen LogP contribution in [0.5, 0.6) is 0 Å². The average Bonchev–Trinajstić information content (AvgIpc) is 3.14. The van der Waals surface area contributed by atoms with Crippen LogP contribution in [0.2, 0.25) is 0 Å². The first-order valence-electron chi connectivity index (χ1n) is 9.90. The van der Waals surface area contributed by atoms with Gasteiger partial charge < -0.3 is 10.6 Å². The number of piperidine rings is 1. The van der Waals surface area contributed by atoms with Gasteiger partial charge in [-0.15, -0.1) is 11.3 Å². The van der Waals surface area contributed by atoms with Gasteiger partial charge in [-0.3, -0.25) is 9.69 Å². The molecule has 1 saturated heterocycles. The van der Waals surface area contributed by atoms with Crippen LogP contribution in [0.1, 0.15) is 54.6 Å². The molecule has 0 aliphatic carbocycles. The van der Waals surface area contributed by atoms with Crippen LogP contribution in [0.25, 0.3) is 0 Å². The molecule has 0 spiro atoms. The third-order valence-electron chi connectivity index (χ3n) is 4.72. The van der Waals surface area contributed by atoms with Gasteiger partial charge in [-0.1, -0.05) is 13.8 Å². The minimum atomic E-state index is -0.164. The van der Waals surface area contributed by atoms with Crippen molar-refractivity contribution in [3.63, 3.8) is 0 Å². The maximum absolute atomic E-state index is 12.2. The van der Waals surface area contributed by atoms with Crippen molar-refractivity contribution >= 4 is 28.2 Å². The number of aryl methyl sites for hydroxylation is 1. The monoisotopic (exact) mass is 413 g/mol. The van der Waals surface area contributed by atoms with E-state index in [0.29, 0.717) is 41.5 Å². The van der Waals surface area contributed by atoms with Gasteiger partial charge in [0.1, 0.15) is 17.3 Å². The number of hydrogen-bond acceptors (Lipinski definition) is 8. The lowest BCUT2D eigenvalue weighted by molar-refractivity contribution is 0.0945. The molecule has 29 heavy (non-hydrogen) atoms. The second-order valence-electron chi connectivity index (χ2n) is 7.72. The molecule has 3 heterocycles. The van der Waals surface area contributed by atoms with Gasteiger partial charge in [0.15, 0.2) is 5.13 Å². The quantitative estimate of drug-likeness (QED) is 0.672. The van der Waals surface area contributed by atoms with Crippen molar-refractivity contribution in [2.75, 3.05) is 31.5 Å². The van der Waals surface area contributed by atoms with E-state index in [1.165, 1.54) is 11.3 Å². The fraction of sp³-hybridized carbons (Fsp3) is 0.550. The molecule has 1 fully saturated rings. The van der Waals surface area contributed by atoms with Crippen molar-refractivity contribution in [2.45, 2.75) is 39.5 Å². The van der Waals surface area contributed by atoms with Gasteiger partial charge in [0.05, 0.1) is 18.3 Å². The number of anilines is 2. The van der Waals surface area contributed by atoms with Crippen LogP contribution in [0.15, 0.2) is 11.4 Å². The Bertz CT molecular complexity index is 889. The Morgan fingerprint density at radius 1 is 1.41 bits per heavy atom. The smallest absolute Gasteiger partial charge is 0.270 e. The molecular formula is C20H27N7OS. The number of carbonyl (C=O) groups excluding carboxylic acids is 1. The van der Waals surface area contributed by atoms with Crippen molar-refractivity contribution in [1.29, 1.82) is 5.26 Å². The number of nitriles is 1. The highest BCUT2D eigenvalue weighted by Crippen LogP contribution is 2.28. The van der Waals surface area contributed by atoms with E-state index in [-0.39, 0.29) is 11.8 Å². The highest BCUT2D eigenvalue weighted by molar-refractivity contribution is 7.14. The minimum Gasteiger partial charge on any atom is -0.350 e. The summed E-state index contributed by atoms with van der Waals surface area (Å²) in [6, 6.07) is 4.18. The summed E-state index contributed by atoms with van der Waals surface area (Å²) in [4.78, 5) is 27.8. The summed E-state index contributed by atoms with van der Waals surface area (Å²) < 4.78 is 0. The molecule has 0 aromatic carbocycles. The number of rotatable bonds is 7. The molecule has 9 heteroatoms. The maximum Gasteiger partial charge on any atom is 0.270 e. The van der Waals surface area contributed by atoms with Gasteiger partial charge >= 0.3 is 0 Å². The third-order valence-corrected chi connectivity index (χ3v) is 5.48. The Morgan fingerprint density at radius 2 is 2.24 bits per heavy atom. The highest BCUT2D eigenvalue weighted by atomic mass is 32.1. The molecule has 1 atom stereocenters. The van der Waals surface area contributed by atoms with Crippen molar-refractivity contribution in [3.05, 3.63) is 28.7 Å². The van der Waals surface area contributed by atoms with Gasteiger partial charge in [-0.05, 0) is 32.2 Å². The predicted octanol–water partition coefficient (Wildman–Crippen LogP) is 3.07. The Balaban J connectivity index is 1.69. The molecule has 2 aromatic heterocycles. The van der Waals surface area contributed by atoms with E-state index >= 15 is 0 Å². The number of amides is 1. The minimum absolute atomic E-state index is 0.164. The van der Waals surface area contributed by atoms with Crippen molar-refractivity contribution in [2.24, 2.45) is 5.92 Å². The summed E-state index contributed by atoms with van der Waals surface area (Å²) in [5.41, 5.74) is 1.39. The number of aromatic nitrogens is 3. The lowest BCUT2D eigenvalue weighted by Gasteiger charge is -2.30.